The van der Waals surface area contributed by atoms with Gasteiger partial charge in [-0.15, -0.1) is 0 Å². The van der Waals surface area contributed by atoms with E-state index in [4.69, 9.17) is 0 Å². The van der Waals surface area contributed by atoms with E-state index in [1.165, 1.54) is 12.1 Å². The molecule has 0 atom stereocenters. The van der Waals surface area contributed by atoms with E-state index in [0.717, 1.165) is 23.3 Å². The van der Waals surface area contributed by atoms with Crippen molar-refractivity contribution in [2.24, 2.45) is 0 Å². The van der Waals surface area contributed by atoms with Crippen LogP contribution in [0.25, 0.3) is 0 Å². The Morgan fingerprint density at radius 2 is 1.47 bits per heavy atom. The van der Waals surface area contributed by atoms with Gasteiger partial charge in [0.15, 0.2) is 0 Å². The van der Waals surface area contributed by atoms with Gasteiger partial charge in [-0.05, 0) is 18.6 Å². The molecule has 0 spiro atoms. The topological polar surface area (TPSA) is 0 Å². The van der Waals surface area contributed by atoms with E-state index in [2.05, 4.69) is 0 Å². The van der Waals surface area contributed by atoms with Gasteiger partial charge in [0.1, 0.15) is 0 Å². The summed E-state index contributed by atoms with van der Waals surface area (Å²) in [7, 11) is 0. The number of benzene rings is 1. The van der Waals surface area contributed by atoms with Crippen molar-refractivity contribution in [3.63, 3.8) is 0 Å². The van der Waals surface area contributed by atoms with Crippen molar-refractivity contribution >= 4 is 0 Å². The molecule has 2 aromatic rings. The first-order valence-corrected chi connectivity index (χ1v) is 4.92. The minimum absolute atomic E-state index is 0. The Balaban J connectivity index is 0.00000144. The monoisotopic (exact) mass is 230 g/mol. The predicted molar refractivity (Wildman–Crippen MR) is 56.3 cm³/mol. The van der Waals surface area contributed by atoms with Crippen LogP contribution in [-0.2, 0) is 12.6 Å². The van der Waals surface area contributed by atoms with Crippen LogP contribution in [0.4, 0.5) is 13.2 Å². The van der Waals surface area contributed by atoms with Crippen LogP contribution in [0, 0.1) is 0 Å². The normalized spacial score (nSPS) is 11.0. The molecule has 84 valence electrons. The standard InChI is InChI=1S/C13H10F3.Li/c14-13(15,16)12-7-5-11(6-8-12)9-10-3-1-2-4-10;/h1-8H,9H2;/q-1;+1. The van der Waals surface area contributed by atoms with Crippen molar-refractivity contribution in [3.05, 3.63) is 65.2 Å². The molecule has 0 bridgehead atoms. The summed E-state index contributed by atoms with van der Waals surface area (Å²) in [6, 6.07) is 13.0. The maximum atomic E-state index is 12.3. The molecule has 0 amide bonds. The fourth-order valence-corrected chi connectivity index (χ4v) is 1.58. The molecule has 0 nitrogen and oxygen atoms in total. The van der Waals surface area contributed by atoms with Gasteiger partial charge in [0, 0.05) is 0 Å². The molecule has 0 radical (unpaired) electrons. The van der Waals surface area contributed by atoms with Gasteiger partial charge in [-0.2, -0.15) is 30.9 Å². The third-order valence-electron chi connectivity index (χ3n) is 2.42. The van der Waals surface area contributed by atoms with Crippen molar-refractivity contribution in [3.8, 4) is 0 Å². The predicted octanol–water partition coefficient (Wildman–Crippen LogP) is 1.02. The number of rotatable bonds is 2. The molecular formula is C13H10F3Li. The van der Waals surface area contributed by atoms with Crippen LogP contribution in [0.15, 0.2) is 48.5 Å². The van der Waals surface area contributed by atoms with Gasteiger partial charge in [-0.1, -0.05) is 17.7 Å². The van der Waals surface area contributed by atoms with E-state index in [9.17, 15) is 13.2 Å². The summed E-state index contributed by atoms with van der Waals surface area (Å²) < 4.78 is 36.9. The Kier molecular flexibility index (Phi) is 4.56. The Morgan fingerprint density at radius 1 is 0.941 bits per heavy atom. The summed E-state index contributed by atoms with van der Waals surface area (Å²) in [5.41, 5.74) is 1.40. The molecule has 0 N–H and O–H groups in total. The molecule has 0 aromatic heterocycles. The second-order valence-electron chi connectivity index (χ2n) is 3.66. The van der Waals surface area contributed by atoms with E-state index in [1.807, 2.05) is 24.3 Å². The van der Waals surface area contributed by atoms with Gasteiger partial charge in [0.2, 0.25) is 0 Å². The number of hydrogen-bond donors (Lipinski definition) is 0. The molecule has 0 aliphatic carbocycles. The van der Waals surface area contributed by atoms with Gasteiger partial charge >= 0.3 is 25.0 Å². The summed E-state index contributed by atoms with van der Waals surface area (Å²) in [6.07, 6.45) is -3.58. The average molecular weight is 230 g/mol. The van der Waals surface area contributed by atoms with Gasteiger partial charge in [-0.3, -0.25) is 0 Å². The Labute approximate surface area is 110 Å². The van der Waals surface area contributed by atoms with Gasteiger partial charge in [-0.25, -0.2) is 12.1 Å². The van der Waals surface area contributed by atoms with Crippen LogP contribution in [0.5, 0.6) is 0 Å². The van der Waals surface area contributed by atoms with Crippen molar-refractivity contribution in [2.75, 3.05) is 0 Å². The molecule has 0 saturated carbocycles. The van der Waals surface area contributed by atoms with Gasteiger partial charge < -0.3 is 0 Å². The van der Waals surface area contributed by atoms with E-state index in [1.54, 1.807) is 0 Å². The van der Waals surface area contributed by atoms with E-state index >= 15 is 0 Å². The molecule has 2 rings (SSSR count). The van der Waals surface area contributed by atoms with E-state index in [0.29, 0.717) is 6.42 Å². The van der Waals surface area contributed by atoms with Crippen LogP contribution in [-0.4, -0.2) is 0 Å². The molecular weight excluding hydrogens is 220 g/mol. The third-order valence-corrected chi connectivity index (χ3v) is 2.42. The fraction of sp³-hybridized carbons (Fsp3) is 0.154. The Hall–Kier alpha value is -1.04. The first kappa shape index (κ1) is 14.0. The van der Waals surface area contributed by atoms with Crippen molar-refractivity contribution in [1.82, 2.24) is 0 Å². The second kappa shape index (κ2) is 5.53. The zero-order valence-corrected chi connectivity index (χ0v) is 9.46. The second-order valence-corrected chi connectivity index (χ2v) is 3.66. The quantitative estimate of drug-likeness (QED) is 0.533. The van der Waals surface area contributed by atoms with Gasteiger partial charge in [0.05, 0.1) is 5.56 Å². The minimum Gasteiger partial charge on any atom is -0.213 e. The zero-order chi connectivity index (χ0) is 11.6. The molecule has 2 aromatic carbocycles. The minimum atomic E-state index is -4.25. The molecule has 17 heavy (non-hydrogen) atoms. The summed E-state index contributed by atoms with van der Waals surface area (Å²) in [5.74, 6) is 0. The Morgan fingerprint density at radius 3 is 1.94 bits per heavy atom. The number of alkyl halides is 3. The molecule has 0 aliphatic heterocycles. The summed E-state index contributed by atoms with van der Waals surface area (Å²) >= 11 is 0. The van der Waals surface area contributed by atoms with Crippen LogP contribution in [0.2, 0.25) is 0 Å². The summed E-state index contributed by atoms with van der Waals surface area (Å²) in [4.78, 5) is 0. The first-order valence-electron chi connectivity index (χ1n) is 4.92. The third kappa shape index (κ3) is 3.73. The maximum Gasteiger partial charge on any atom is 1.00 e. The molecule has 0 heterocycles. The van der Waals surface area contributed by atoms with Crippen LogP contribution >= 0.6 is 0 Å². The van der Waals surface area contributed by atoms with Crippen molar-refractivity contribution < 1.29 is 32.0 Å². The summed E-state index contributed by atoms with van der Waals surface area (Å²) in [6.45, 7) is 0. The zero-order valence-electron chi connectivity index (χ0n) is 9.46. The smallest absolute Gasteiger partial charge is 0.213 e. The van der Waals surface area contributed by atoms with Crippen LogP contribution in [0.1, 0.15) is 16.7 Å². The van der Waals surface area contributed by atoms with Crippen molar-refractivity contribution in [2.45, 2.75) is 12.6 Å². The van der Waals surface area contributed by atoms with Crippen LogP contribution in [0.3, 0.4) is 0 Å². The first-order chi connectivity index (χ1) is 7.55. The number of hydrogen-bond acceptors (Lipinski definition) is 0. The molecule has 4 heteroatoms. The molecule has 0 fully saturated rings. The fourth-order valence-electron chi connectivity index (χ4n) is 1.58. The van der Waals surface area contributed by atoms with Crippen molar-refractivity contribution in [1.29, 1.82) is 0 Å². The maximum absolute atomic E-state index is 12.3. The summed E-state index contributed by atoms with van der Waals surface area (Å²) in [5, 5.41) is 0. The molecule has 0 aliphatic rings. The van der Waals surface area contributed by atoms with E-state index < -0.39 is 11.7 Å². The largest absolute Gasteiger partial charge is 1.00 e. The number of halogens is 3. The molecule has 0 saturated heterocycles. The van der Waals surface area contributed by atoms with Gasteiger partial charge in [0.25, 0.3) is 0 Å². The molecule has 0 unspecified atom stereocenters. The average Bonchev–Trinajstić information content (AvgIpc) is 2.70. The van der Waals surface area contributed by atoms with E-state index in [-0.39, 0.29) is 18.9 Å². The SMILES string of the molecule is FC(F)(F)c1ccc(C[c-]2cccc2)cc1.[Li+]. The van der Waals surface area contributed by atoms with Crippen LogP contribution < -0.4 is 18.9 Å². The Bertz CT molecular complexity index is 441.